The van der Waals surface area contributed by atoms with Crippen LogP contribution in [0, 0.1) is 0 Å². The van der Waals surface area contributed by atoms with Gasteiger partial charge in [-0.2, -0.15) is 0 Å². The molecule has 0 saturated heterocycles. The molecule has 0 aliphatic heterocycles. The second-order valence-electron chi connectivity index (χ2n) is 4.00. The van der Waals surface area contributed by atoms with Crippen LogP contribution in [0.1, 0.15) is 0 Å². The largest absolute Gasteiger partial charge is 0.269 e. The van der Waals surface area contributed by atoms with Crippen molar-refractivity contribution in [3.05, 3.63) is 53.1 Å². The molecule has 0 radical (unpaired) electrons. The van der Waals surface area contributed by atoms with Crippen LogP contribution in [0.2, 0.25) is 5.02 Å². The van der Waals surface area contributed by atoms with Crippen LogP contribution < -0.4 is 4.90 Å². The van der Waals surface area contributed by atoms with E-state index in [-0.39, 0.29) is 0 Å². The van der Waals surface area contributed by atoms with Gasteiger partial charge in [0.05, 0.1) is 10.7 Å². The molecule has 0 N–H and O–H groups in total. The van der Waals surface area contributed by atoms with E-state index in [2.05, 4.69) is 15.0 Å². The van der Waals surface area contributed by atoms with Gasteiger partial charge in [0.15, 0.2) is 10.3 Å². The smallest absolute Gasteiger partial charge is 0.195 e. The van der Waals surface area contributed by atoms with E-state index in [4.69, 9.17) is 11.6 Å². The van der Waals surface area contributed by atoms with E-state index < -0.39 is 0 Å². The minimum absolute atomic E-state index is 0.650. The van der Waals surface area contributed by atoms with Gasteiger partial charge in [-0.25, -0.2) is 15.0 Å². The molecule has 21 heavy (non-hydrogen) atoms. The maximum atomic E-state index is 6.35. The first kappa shape index (κ1) is 14.3. The van der Waals surface area contributed by atoms with E-state index in [1.54, 1.807) is 12.4 Å². The summed E-state index contributed by atoms with van der Waals surface area (Å²) in [6.45, 7) is 0. The molecule has 2 heterocycles. The van der Waals surface area contributed by atoms with Crippen molar-refractivity contribution >= 4 is 51.3 Å². The quantitative estimate of drug-likeness (QED) is 0.507. The molecular weight excluding hydrogens is 324 g/mol. The maximum absolute atomic E-state index is 6.35. The number of halogens is 1. The van der Waals surface area contributed by atoms with E-state index >= 15 is 0 Å². The standard InChI is InChI=1S/C14H11ClN4S2/c1-20-13-16-7-6-12(18-13)19(14-17-8-9-21-14)11-5-3-2-4-10(11)15/h2-9H,1H3. The van der Waals surface area contributed by atoms with Gasteiger partial charge >= 0.3 is 0 Å². The van der Waals surface area contributed by atoms with Crippen LogP contribution in [0.3, 0.4) is 0 Å². The van der Waals surface area contributed by atoms with Crippen molar-refractivity contribution in [3.8, 4) is 0 Å². The molecule has 0 spiro atoms. The minimum atomic E-state index is 0.650. The fourth-order valence-electron chi connectivity index (χ4n) is 1.84. The molecule has 0 saturated carbocycles. The minimum Gasteiger partial charge on any atom is -0.269 e. The van der Waals surface area contributed by atoms with Gasteiger partial charge in [0.25, 0.3) is 0 Å². The number of rotatable bonds is 4. The van der Waals surface area contributed by atoms with Crippen LogP contribution >= 0.6 is 34.7 Å². The Balaban J connectivity index is 2.15. The molecule has 106 valence electrons. The highest BCUT2D eigenvalue weighted by molar-refractivity contribution is 7.98. The topological polar surface area (TPSA) is 41.9 Å². The first-order valence-corrected chi connectivity index (χ1v) is 8.59. The van der Waals surface area contributed by atoms with Crippen molar-refractivity contribution in [1.82, 2.24) is 15.0 Å². The summed E-state index contributed by atoms with van der Waals surface area (Å²) in [5, 5.41) is 4.10. The van der Waals surface area contributed by atoms with Gasteiger partial charge in [-0.1, -0.05) is 35.5 Å². The molecule has 0 unspecified atom stereocenters. The van der Waals surface area contributed by atoms with Gasteiger partial charge in [0.2, 0.25) is 0 Å². The predicted octanol–water partition coefficient (Wildman–Crippen LogP) is 4.78. The van der Waals surface area contributed by atoms with Gasteiger partial charge in [0, 0.05) is 17.8 Å². The average Bonchev–Trinajstić information content (AvgIpc) is 3.04. The molecule has 0 aliphatic carbocycles. The summed E-state index contributed by atoms with van der Waals surface area (Å²) in [5.74, 6) is 0.748. The first-order chi connectivity index (χ1) is 10.3. The predicted molar refractivity (Wildman–Crippen MR) is 89.2 cm³/mol. The maximum Gasteiger partial charge on any atom is 0.195 e. The lowest BCUT2D eigenvalue weighted by atomic mass is 10.3. The number of aromatic nitrogens is 3. The average molecular weight is 335 g/mol. The Morgan fingerprint density at radius 1 is 1.14 bits per heavy atom. The fourth-order valence-corrected chi connectivity index (χ4v) is 3.07. The van der Waals surface area contributed by atoms with E-state index in [9.17, 15) is 0 Å². The summed E-state index contributed by atoms with van der Waals surface area (Å²) >= 11 is 9.38. The molecule has 0 aliphatic rings. The molecule has 0 fully saturated rings. The van der Waals surface area contributed by atoms with Gasteiger partial charge < -0.3 is 0 Å². The Kier molecular flexibility index (Phi) is 4.38. The van der Waals surface area contributed by atoms with Crippen molar-refractivity contribution in [2.45, 2.75) is 5.16 Å². The summed E-state index contributed by atoms with van der Waals surface area (Å²) in [6, 6.07) is 9.50. The van der Waals surface area contributed by atoms with Crippen molar-refractivity contribution in [2.24, 2.45) is 0 Å². The number of anilines is 3. The van der Waals surface area contributed by atoms with E-state index in [0.29, 0.717) is 10.2 Å². The number of thioether (sulfide) groups is 1. The zero-order valence-corrected chi connectivity index (χ0v) is 13.5. The van der Waals surface area contributed by atoms with Crippen molar-refractivity contribution < 1.29 is 0 Å². The highest BCUT2D eigenvalue weighted by Crippen LogP contribution is 2.38. The molecule has 0 bridgehead atoms. The Labute approximate surface area is 135 Å². The van der Waals surface area contributed by atoms with E-state index in [1.165, 1.54) is 23.1 Å². The molecule has 1 aromatic carbocycles. The lowest BCUT2D eigenvalue weighted by Crippen LogP contribution is -2.12. The number of thiazole rings is 1. The highest BCUT2D eigenvalue weighted by atomic mass is 35.5. The summed E-state index contributed by atoms with van der Waals surface area (Å²) in [6.07, 6.45) is 5.45. The highest BCUT2D eigenvalue weighted by Gasteiger charge is 2.18. The van der Waals surface area contributed by atoms with Crippen molar-refractivity contribution in [2.75, 3.05) is 11.2 Å². The van der Waals surface area contributed by atoms with Crippen LogP contribution in [0.15, 0.2) is 53.3 Å². The van der Waals surface area contributed by atoms with Crippen molar-refractivity contribution in [3.63, 3.8) is 0 Å². The third-order valence-corrected chi connectivity index (χ3v) is 4.37. The monoisotopic (exact) mass is 334 g/mol. The number of nitrogens with zero attached hydrogens (tertiary/aromatic N) is 4. The number of hydrogen-bond donors (Lipinski definition) is 0. The zero-order chi connectivity index (χ0) is 14.7. The third-order valence-electron chi connectivity index (χ3n) is 2.73. The number of para-hydroxylation sites is 1. The Bertz CT molecular complexity index is 733. The Morgan fingerprint density at radius 2 is 2.00 bits per heavy atom. The molecule has 0 amide bonds. The SMILES string of the molecule is CSc1nccc(N(c2nccs2)c2ccccc2Cl)n1. The Hall–Kier alpha value is -1.63. The zero-order valence-electron chi connectivity index (χ0n) is 11.1. The third kappa shape index (κ3) is 3.02. The Morgan fingerprint density at radius 3 is 2.71 bits per heavy atom. The van der Waals surface area contributed by atoms with Gasteiger partial charge in [-0.05, 0) is 24.5 Å². The summed E-state index contributed by atoms with van der Waals surface area (Å²) in [7, 11) is 0. The van der Waals surface area contributed by atoms with Gasteiger partial charge in [0.1, 0.15) is 5.82 Å². The second-order valence-corrected chi connectivity index (χ2v) is 6.06. The molecule has 4 nitrogen and oxygen atoms in total. The molecule has 3 aromatic rings. The summed E-state index contributed by atoms with van der Waals surface area (Å²) in [5.41, 5.74) is 0.847. The molecule has 2 aromatic heterocycles. The van der Waals surface area contributed by atoms with Crippen LogP contribution in [0.25, 0.3) is 0 Å². The molecule has 0 atom stereocenters. The summed E-state index contributed by atoms with van der Waals surface area (Å²) in [4.78, 5) is 15.1. The first-order valence-electron chi connectivity index (χ1n) is 6.11. The van der Waals surface area contributed by atoms with E-state index in [1.807, 2.05) is 46.9 Å². The summed E-state index contributed by atoms with van der Waals surface area (Å²) < 4.78 is 0. The number of benzene rings is 1. The van der Waals surface area contributed by atoms with Gasteiger partial charge in [-0.3, -0.25) is 4.90 Å². The van der Waals surface area contributed by atoms with Gasteiger partial charge in [-0.15, -0.1) is 11.3 Å². The molecule has 7 heteroatoms. The normalized spacial score (nSPS) is 10.6. The molecule has 3 rings (SSSR count). The second kappa shape index (κ2) is 6.43. The molecular formula is C14H11ClN4S2. The van der Waals surface area contributed by atoms with Crippen LogP contribution in [0.5, 0.6) is 0 Å². The van der Waals surface area contributed by atoms with Crippen molar-refractivity contribution in [1.29, 1.82) is 0 Å². The lowest BCUT2D eigenvalue weighted by Gasteiger charge is -2.22. The van der Waals surface area contributed by atoms with Crippen LogP contribution in [-0.2, 0) is 0 Å². The fraction of sp³-hybridized carbons (Fsp3) is 0.0714. The van der Waals surface area contributed by atoms with E-state index in [0.717, 1.165) is 16.6 Å². The lowest BCUT2D eigenvalue weighted by molar-refractivity contribution is 0.954. The van der Waals surface area contributed by atoms with Crippen LogP contribution in [0.4, 0.5) is 16.6 Å². The van der Waals surface area contributed by atoms with Crippen LogP contribution in [-0.4, -0.2) is 21.2 Å². The number of hydrogen-bond acceptors (Lipinski definition) is 6.